The molecule has 0 radical (unpaired) electrons. The van der Waals surface area contributed by atoms with Gasteiger partial charge in [-0.05, 0) is 156 Å². The van der Waals surface area contributed by atoms with Crippen LogP contribution in [0.1, 0.15) is 31.9 Å². The summed E-state index contributed by atoms with van der Waals surface area (Å²) < 4.78 is 84.7. The summed E-state index contributed by atoms with van der Waals surface area (Å²) in [5, 5.41) is 0. The molecular formula is C77H78N12O16S2. The molecule has 12 rings (SSSR count). The van der Waals surface area contributed by atoms with E-state index in [1.165, 1.54) is 56.9 Å². The van der Waals surface area contributed by atoms with Crippen LogP contribution in [0.25, 0.3) is 22.3 Å². The van der Waals surface area contributed by atoms with E-state index in [1.54, 1.807) is 64.1 Å². The third-order valence-electron chi connectivity index (χ3n) is 14.6. The van der Waals surface area contributed by atoms with Crippen molar-refractivity contribution in [1.29, 1.82) is 0 Å². The Morgan fingerprint density at radius 3 is 0.879 bits per heavy atom. The summed E-state index contributed by atoms with van der Waals surface area (Å²) in [7, 11) is 18.3. The normalized spacial score (nSPS) is 10.5. The number of aryl methyl sites for hydroxylation is 1. The maximum Gasteiger partial charge on any atom is 0.331 e. The van der Waals surface area contributed by atoms with Crippen LogP contribution >= 0.6 is 23.5 Å². The van der Waals surface area contributed by atoms with Gasteiger partial charge in [-0.3, -0.25) is 0 Å². The third kappa shape index (κ3) is 22.7. The molecule has 4 heterocycles. The predicted molar refractivity (Wildman–Crippen MR) is 399 cm³/mol. The van der Waals surface area contributed by atoms with Gasteiger partial charge in [0.05, 0.1) is 85.3 Å². The minimum atomic E-state index is -0.0980. The molecule has 107 heavy (non-hydrogen) atoms. The summed E-state index contributed by atoms with van der Waals surface area (Å²) in [4.78, 5) is 52.9. The molecule has 0 N–H and O–H groups in total. The first kappa shape index (κ1) is 78.4. The fourth-order valence-electron chi connectivity index (χ4n) is 9.39. The molecule has 0 aliphatic carbocycles. The van der Waals surface area contributed by atoms with E-state index in [0.717, 1.165) is 76.0 Å². The first-order valence-electron chi connectivity index (χ1n) is 32.3. The van der Waals surface area contributed by atoms with Crippen LogP contribution in [-0.4, -0.2) is 145 Å². The van der Waals surface area contributed by atoms with E-state index in [1.807, 2.05) is 165 Å². The van der Waals surface area contributed by atoms with Gasteiger partial charge in [-0.15, -0.1) is 59.8 Å². The maximum absolute atomic E-state index is 5.91. The van der Waals surface area contributed by atoms with Crippen LogP contribution in [0.4, 0.5) is 0 Å². The summed E-state index contributed by atoms with van der Waals surface area (Å²) in [6.45, 7) is 8.32. The highest BCUT2D eigenvalue weighted by Crippen LogP contribution is 2.42. The smallest absolute Gasteiger partial charge is 0.331 e. The number of benzene rings is 8. The van der Waals surface area contributed by atoms with Crippen molar-refractivity contribution in [3.8, 4) is 140 Å². The Hall–Kier alpha value is -12.7. The van der Waals surface area contributed by atoms with Crippen molar-refractivity contribution in [2.45, 2.75) is 52.7 Å². The van der Waals surface area contributed by atoms with Gasteiger partial charge in [0.15, 0.2) is 0 Å². The Labute approximate surface area is 627 Å². The molecule has 0 aliphatic rings. The third-order valence-corrected chi connectivity index (χ3v) is 16.9. The number of hydrogen-bond acceptors (Lipinski definition) is 30. The molecule has 4 aromatic heterocycles. The number of ether oxygens (including phenoxy) is 16. The van der Waals surface area contributed by atoms with E-state index in [9.17, 15) is 0 Å². The molecule has 0 unspecified atom stereocenters. The fraction of sp³-hybridized carbons (Fsp3) is 0.221. The molecule has 0 fully saturated rings. The zero-order chi connectivity index (χ0) is 76.2. The van der Waals surface area contributed by atoms with Crippen LogP contribution in [-0.2, 0) is 5.41 Å². The lowest BCUT2D eigenvalue weighted by atomic mass is 9.86. The lowest BCUT2D eigenvalue weighted by Gasteiger charge is -2.22. The molecule has 0 aliphatic heterocycles. The molecule has 8 aromatic carbocycles. The Kier molecular flexibility index (Phi) is 28.4. The van der Waals surface area contributed by atoms with Gasteiger partial charge < -0.3 is 75.8 Å². The van der Waals surface area contributed by atoms with Crippen LogP contribution in [0.3, 0.4) is 0 Å². The second-order valence-corrected chi connectivity index (χ2v) is 24.9. The standard InChI is InChI=1S/C24H21N3O4S.C19H19N3O4S.C18H17N3O4.C16H21N3O4/c1-28-17-9-12-19(13-10-17)32-21-14-11-18(15-20(21)16-7-5-4-6-8-16)31-24-26-22(29-2)25-23(27-24)30-3;1-12-11-14(26-19-21-17(24-3)20-18(22-19)25-4)7-10-16(12)27-15-8-5-13(23-2)6-9-15;1-22-15-10-9-13(11-14(15)12-7-5-4-6-8-12)25-18-20-16(23-2)19-17(21-18)24-3;1-16(2,3)11-9-10(7-8-12(11)20-4)23-15-18-13(21-5)17-14(19-15)22-6/h4-15H,1-3H3;5-11H,1-4H3;4-11H,1-3H3;7-9H,1-6H3. The summed E-state index contributed by atoms with van der Waals surface area (Å²) in [5.41, 5.74) is 5.99. The van der Waals surface area contributed by atoms with E-state index < -0.39 is 0 Å². The summed E-state index contributed by atoms with van der Waals surface area (Å²) in [6.07, 6.45) is 0. The molecule has 0 bridgehead atoms. The van der Waals surface area contributed by atoms with Gasteiger partial charge in [0.1, 0.15) is 46.0 Å². The molecule has 28 nitrogen and oxygen atoms in total. The van der Waals surface area contributed by atoms with Crippen molar-refractivity contribution in [1.82, 2.24) is 59.8 Å². The molecule has 0 amide bonds. The molecule has 0 spiro atoms. The molecule has 0 saturated carbocycles. The van der Waals surface area contributed by atoms with Crippen molar-refractivity contribution in [2.24, 2.45) is 0 Å². The van der Waals surface area contributed by atoms with Crippen LogP contribution < -0.4 is 75.8 Å². The lowest BCUT2D eigenvalue weighted by Crippen LogP contribution is -2.13. The monoisotopic (exact) mass is 1490 g/mol. The van der Waals surface area contributed by atoms with Crippen LogP contribution in [0.2, 0.25) is 0 Å². The second-order valence-electron chi connectivity index (χ2n) is 22.6. The fourth-order valence-corrected chi connectivity index (χ4v) is 11.2. The van der Waals surface area contributed by atoms with Crippen molar-refractivity contribution >= 4 is 23.5 Å². The zero-order valence-corrected chi connectivity index (χ0v) is 63.2. The number of aromatic nitrogens is 12. The van der Waals surface area contributed by atoms with Gasteiger partial charge in [-0.1, -0.05) is 105 Å². The molecule has 12 aromatic rings. The minimum Gasteiger partial charge on any atom is -0.497 e. The first-order valence-corrected chi connectivity index (χ1v) is 34.0. The van der Waals surface area contributed by atoms with E-state index in [4.69, 9.17) is 75.8 Å². The van der Waals surface area contributed by atoms with E-state index >= 15 is 0 Å². The molecule has 0 saturated heterocycles. The van der Waals surface area contributed by atoms with E-state index in [-0.39, 0.29) is 77.5 Å². The highest BCUT2D eigenvalue weighted by molar-refractivity contribution is 7.99. The number of methoxy groups -OCH3 is 12. The SMILES string of the molecule is COc1ccc(Sc2ccc(Oc3nc(OC)nc(OC)n3)cc2-c2ccccc2)cc1.COc1ccc(Sc2ccc(Oc3nc(OC)nc(OC)n3)cc2C)cc1.COc1nc(OC)nc(Oc2ccc(OC)c(-c3ccccc3)c2)n1.COc1nc(OC)nc(Oc2ccc(OC)c(C(C)(C)C)c2)n1. The topological polar surface area (TPSA) is 302 Å². The lowest BCUT2D eigenvalue weighted by molar-refractivity contribution is 0.319. The minimum absolute atomic E-state index is 0.0767. The quantitative estimate of drug-likeness (QED) is 0.0486. The predicted octanol–water partition coefficient (Wildman–Crippen LogP) is 16.0. The van der Waals surface area contributed by atoms with Gasteiger partial charge in [0.25, 0.3) is 0 Å². The van der Waals surface area contributed by atoms with Crippen molar-refractivity contribution in [3.63, 3.8) is 0 Å². The Morgan fingerprint density at radius 1 is 0.252 bits per heavy atom. The molecular weight excluding hydrogens is 1410 g/mol. The number of nitrogens with zero attached hydrogens (tertiary/aromatic N) is 12. The van der Waals surface area contributed by atoms with Crippen molar-refractivity contribution in [2.75, 3.05) is 85.3 Å². The summed E-state index contributed by atoms with van der Waals surface area (Å²) in [6, 6.07) is 59.8. The molecule has 0 atom stereocenters. The second kappa shape index (κ2) is 38.7. The first-order chi connectivity index (χ1) is 51.9. The highest BCUT2D eigenvalue weighted by Gasteiger charge is 2.22. The van der Waals surface area contributed by atoms with Gasteiger partial charge in [0, 0.05) is 30.7 Å². The van der Waals surface area contributed by atoms with Gasteiger partial charge in [-0.25, -0.2) is 0 Å². The van der Waals surface area contributed by atoms with Crippen molar-refractivity contribution < 1.29 is 75.8 Å². The maximum atomic E-state index is 5.91. The zero-order valence-electron chi connectivity index (χ0n) is 61.5. The Morgan fingerprint density at radius 2 is 0.542 bits per heavy atom. The Bertz CT molecular complexity index is 4760. The molecule has 554 valence electrons. The van der Waals surface area contributed by atoms with Gasteiger partial charge in [-0.2, -0.15) is 0 Å². The summed E-state index contributed by atoms with van der Waals surface area (Å²) in [5.74, 6) is 5.54. The average Bonchev–Trinajstić information content (AvgIpc) is 0.827. The van der Waals surface area contributed by atoms with E-state index in [2.05, 4.69) is 92.7 Å². The Balaban J connectivity index is 0.000000166. The number of rotatable bonds is 26. The molecule has 30 heteroatoms. The van der Waals surface area contributed by atoms with Gasteiger partial charge >= 0.3 is 72.1 Å². The largest absolute Gasteiger partial charge is 0.497 e. The van der Waals surface area contributed by atoms with Gasteiger partial charge in [0.2, 0.25) is 0 Å². The number of hydrogen-bond donors (Lipinski definition) is 0. The average molecular weight is 1490 g/mol. The van der Waals surface area contributed by atoms with Crippen LogP contribution in [0.15, 0.2) is 202 Å². The van der Waals surface area contributed by atoms with E-state index in [0.29, 0.717) is 23.0 Å². The highest BCUT2D eigenvalue weighted by atomic mass is 32.2. The van der Waals surface area contributed by atoms with Crippen molar-refractivity contribution in [3.05, 3.63) is 193 Å². The van der Waals surface area contributed by atoms with Crippen LogP contribution in [0.5, 0.6) is 118 Å². The summed E-state index contributed by atoms with van der Waals surface area (Å²) >= 11 is 3.33. The van der Waals surface area contributed by atoms with Crippen LogP contribution in [0, 0.1) is 6.92 Å².